The van der Waals surface area contributed by atoms with Crippen LogP contribution in [0, 0.1) is 0 Å². The molecule has 1 heterocycles. The predicted octanol–water partition coefficient (Wildman–Crippen LogP) is 2.83. The minimum atomic E-state index is 0.886. The van der Waals surface area contributed by atoms with Crippen molar-refractivity contribution in [2.24, 2.45) is 0 Å². The summed E-state index contributed by atoms with van der Waals surface area (Å²) in [6.45, 7) is 3.10. The highest BCUT2D eigenvalue weighted by Gasteiger charge is 2.18. The molecule has 0 unspecified atom stereocenters. The molecule has 13 heavy (non-hydrogen) atoms. The van der Waals surface area contributed by atoms with Crippen LogP contribution < -0.4 is 0 Å². The Morgan fingerprint density at radius 2 is 2.15 bits per heavy atom. The molecule has 1 aliphatic carbocycles. The fraction of sp³-hybridized carbons (Fsp3) is 0.700. The molecule has 0 atom stereocenters. The van der Waals surface area contributed by atoms with Crippen molar-refractivity contribution in [3.63, 3.8) is 0 Å². The van der Waals surface area contributed by atoms with Crippen molar-refractivity contribution >= 4 is 11.6 Å². The first-order chi connectivity index (χ1) is 6.33. The zero-order valence-electron chi connectivity index (χ0n) is 8.02. The zero-order chi connectivity index (χ0) is 9.26. The molecule has 0 N–H and O–H groups in total. The summed E-state index contributed by atoms with van der Waals surface area (Å²) < 4.78 is 1.96. The first kappa shape index (κ1) is 9.07. The molecule has 0 saturated heterocycles. The number of nitrogens with zero attached hydrogens (tertiary/aromatic N) is 2. The molecule has 72 valence electrons. The van der Waals surface area contributed by atoms with Gasteiger partial charge in [0.1, 0.15) is 5.15 Å². The third kappa shape index (κ3) is 1.60. The number of aryl methyl sites for hydroxylation is 2. The van der Waals surface area contributed by atoms with Crippen molar-refractivity contribution in [2.45, 2.75) is 45.6 Å². The molecule has 0 saturated carbocycles. The minimum absolute atomic E-state index is 0.886. The van der Waals surface area contributed by atoms with E-state index in [0.717, 1.165) is 31.0 Å². The van der Waals surface area contributed by atoms with Gasteiger partial charge in [-0.3, -0.25) is 4.68 Å². The van der Waals surface area contributed by atoms with E-state index < -0.39 is 0 Å². The van der Waals surface area contributed by atoms with E-state index in [1.807, 2.05) is 4.68 Å². The normalized spacial score (nSPS) is 15.8. The lowest BCUT2D eigenvalue weighted by Gasteiger charge is -2.07. The first-order valence-electron chi connectivity index (χ1n) is 5.07. The Balaban J connectivity index is 2.33. The minimum Gasteiger partial charge on any atom is -0.253 e. The van der Waals surface area contributed by atoms with E-state index in [1.165, 1.54) is 24.1 Å². The van der Waals surface area contributed by atoms with Crippen LogP contribution in [-0.4, -0.2) is 9.78 Å². The summed E-state index contributed by atoms with van der Waals surface area (Å²) in [7, 11) is 0. The average Bonchev–Trinajstić information content (AvgIpc) is 2.46. The van der Waals surface area contributed by atoms with Crippen LogP contribution in [0.4, 0.5) is 0 Å². The van der Waals surface area contributed by atoms with Gasteiger partial charge in [0, 0.05) is 12.1 Å². The second kappa shape index (κ2) is 3.70. The highest BCUT2D eigenvalue weighted by atomic mass is 35.5. The quantitative estimate of drug-likeness (QED) is 0.715. The summed E-state index contributed by atoms with van der Waals surface area (Å²) >= 11 is 6.22. The van der Waals surface area contributed by atoms with Crippen LogP contribution in [0.5, 0.6) is 0 Å². The standard InChI is InChI=1S/C10H15ClN2/c1-2-7-13-10(11)8-5-3-4-6-9(8)12-13/h2-7H2,1H3. The van der Waals surface area contributed by atoms with Crippen LogP contribution in [0.15, 0.2) is 0 Å². The molecular weight excluding hydrogens is 184 g/mol. The highest BCUT2D eigenvalue weighted by Crippen LogP contribution is 2.27. The largest absolute Gasteiger partial charge is 0.253 e. The molecule has 0 fully saturated rings. The fourth-order valence-electron chi connectivity index (χ4n) is 1.93. The van der Waals surface area contributed by atoms with Gasteiger partial charge in [0.15, 0.2) is 0 Å². The van der Waals surface area contributed by atoms with Gasteiger partial charge < -0.3 is 0 Å². The Labute approximate surface area is 83.9 Å². The molecule has 0 aromatic carbocycles. The molecule has 2 nitrogen and oxygen atoms in total. The van der Waals surface area contributed by atoms with Crippen LogP contribution in [0.3, 0.4) is 0 Å². The van der Waals surface area contributed by atoms with Gasteiger partial charge in [-0.2, -0.15) is 5.10 Å². The van der Waals surface area contributed by atoms with Crippen molar-refractivity contribution in [2.75, 3.05) is 0 Å². The summed E-state index contributed by atoms with van der Waals surface area (Å²) in [5.41, 5.74) is 2.55. The lowest BCUT2D eigenvalue weighted by molar-refractivity contribution is 0.590. The monoisotopic (exact) mass is 198 g/mol. The van der Waals surface area contributed by atoms with Gasteiger partial charge in [-0.25, -0.2) is 0 Å². The molecule has 0 radical (unpaired) electrons. The van der Waals surface area contributed by atoms with E-state index >= 15 is 0 Å². The Hall–Kier alpha value is -0.500. The lowest BCUT2D eigenvalue weighted by atomic mass is 9.99. The predicted molar refractivity (Wildman–Crippen MR) is 54.2 cm³/mol. The number of hydrogen-bond acceptors (Lipinski definition) is 1. The number of hydrogen-bond donors (Lipinski definition) is 0. The summed E-state index contributed by atoms with van der Waals surface area (Å²) in [4.78, 5) is 0. The third-order valence-corrected chi connectivity index (χ3v) is 3.01. The van der Waals surface area contributed by atoms with Gasteiger partial charge in [0.25, 0.3) is 0 Å². The summed E-state index contributed by atoms with van der Waals surface area (Å²) in [6, 6.07) is 0. The van der Waals surface area contributed by atoms with E-state index in [-0.39, 0.29) is 0 Å². The van der Waals surface area contributed by atoms with Crippen molar-refractivity contribution < 1.29 is 0 Å². The van der Waals surface area contributed by atoms with Gasteiger partial charge in [-0.15, -0.1) is 0 Å². The summed E-state index contributed by atoms with van der Waals surface area (Å²) in [5, 5.41) is 5.41. The van der Waals surface area contributed by atoms with Gasteiger partial charge in [0.05, 0.1) is 5.69 Å². The first-order valence-corrected chi connectivity index (χ1v) is 5.44. The Bertz CT molecular complexity index is 304. The molecule has 1 aromatic rings. The van der Waals surface area contributed by atoms with Crippen LogP contribution in [0.2, 0.25) is 5.15 Å². The van der Waals surface area contributed by atoms with Gasteiger partial charge in [0.2, 0.25) is 0 Å². The number of aromatic nitrogens is 2. The topological polar surface area (TPSA) is 17.8 Å². The average molecular weight is 199 g/mol. The molecule has 1 aliphatic rings. The van der Waals surface area contributed by atoms with Crippen molar-refractivity contribution in [3.8, 4) is 0 Å². The highest BCUT2D eigenvalue weighted by molar-refractivity contribution is 6.30. The van der Waals surface area contributed by atoms with E-state index in [0.29, 0.717) is 0 Å². The van der Waals surface area contributed by atoms with E-state index in [2.05, 4.69) is 12.0 Å². The summed E-state index contributed by atoms with van der Waals surface area (Å²) in [6.07, 6.45) is 5.88. The van der Waals surface area contributed by atoms with Gasteiger partial charge >= 0.3 is 0 Å². The van der Waals surface area contributed by atoms with Crippen molar-refractivity contribution in [3.05, 3.63) is 16.4 Å². The third-order valence-electron chi connectivity index (χ3n) is 2.59. The van der Waals surface area contributed by atoms with Crippen LogP contribution >= 0.6 is 11.6 Å². The number of fused-ring (bicyclic) bond motifs is 1. The molecule has 3 heteroatoms. The smallest absolute Gasteiger partial charge is 0.130 e. The lowest BCUT2D eigenvalue weighted by Crippen LogP contribution is -2.00. The maximum Gasteiger partial charge on any atom is 0.130 e. The Kier molecular flexibility index (Phi) is 2.58. The van der Waals surface area contributed by atoms with Crippen molar-refractivity contribution in [1.29, 1.82) is 0 Å². The van der Waals surface area contributed by atoms with Gasteiger partial charge in [-0.05, 0) is 32.1 Å². The maximum absolute atomic E-state index is 6.22. The van der Waals surface area contributed by atoms with E-state index in [4.69, 9.17) is 11.6 Å². The molecule has 0 bridgehead atoms. The second-order valence-corrected chi connectivity index (χ2v) is 4.00. The SMILES string of the molecule is CCCn1nc2c(c1Cl)CCCC2. The number of halogens is 1. The van der Waals surface area contributed by atoms with Gasteiger partial charge in [-0.1, -0.05) is 18.5 Å². The number of rotatable bonds is 2. The van der Waals surface area contributed by atoms with Crippen LogP contribution in [0.25, 0.3) is 0 Å². The van der Waals surface area contributed by atoms with E-state index in [9.17, 15) is 0 Å². The van der Waals surface area contributed by atoms with Crippen molar-refractivity contribution in [1.82, 2.24) is 9.78 Å². The molecule has 0 amide bonds. The Morgan fingerprint density at radius 1 is 1.38 bits per heavy atom. The zero-order valence-corrected chi connectivity index (χ0v) is 8.77. The van der Waals surface area contributed by atoms with Crippen LogP contribution in [0.1, 0.15) is 37.4 Å². The molecule has 1 aromatic heterocycles. The Morgan fingerprint density at radius 3 is 2.85 bits per heavy atom. The molecule has 2 rings (SSSR count). The maximum atomic E-state index is 6.22. The molecule has 0 aliphatic heterocycles. The summed E-state index contributed by atoms with van der Waals surface area (Å²) in [5.74, 6) is 0. The molecule has 0 spiro atoms. The van der Waals surface area contributed by atoms with Crippen LogP contribution in [-0.2, 0) is 19.4 Å². The fourth-order valence-corrected chi connectivity index (χ4v) is 2.25. The molecular formula is C10H15ClN2. The van der Waals surface area contributed by atoms with E-state index in [1.54, 1.807) is 0 Å². The second-order valence-electron chi connectivity index (χ2n) is 3.65.